The molecular formula is C22H24N4O. The molecule has 138 valence electrons. The SMILES string of the molecule is C=C/C=C(\C=C/C)c1nc2nc(CCc3ccc(CC)cc3)cc(=O)n2[nH]1. The van der Waals surface area contributed by atoms with Crippen molar-refractivity contribution in [3.63, 3.8) is 0 Å². The van der Waals surface area contributed by atoms with E-state index in [1.54, 1.807) is 12.1 Å². The number of allylic oxidation sites excluding steroid dienone is 5. The lowest BCUT2D eigenvalue weighted by Gasteiger charge is -2.03. The van der Waals surface area contributed by atoms with Crippen LogP contribution in [-0.4, -0.2) is 19.6 Å². The maximum absolute atomic E-state index is 12.4. The highest BCUT2D eigenvalue weighted by atomic mass is 16.1. The van der Waals surface area contributed by atoms with Crippen molar-refractivity contribution in [2.24, 2.45) is 0 Å². The molecule has 0 saturated carbocycles. The third-order valence-corrected chi connectivity index (χ3v) is 4.40. The highest BCUT2D eigenvalue weighted by molar-refractivity contribution is 5.71. The van der Waals surface area contributed by atoms with Crippen molar-refractivity contribution in [2.75, 3.05) is 0 Å². The fourth-order valence-electron chi connectivity index (χ4n) is 2.92. The van der Waals surface area contributed by atoms with Crippen LogP contribution >= 0.6 is 0 Å². The second-order valence-electron chi connectivity index (χ2n) is 6.32. The van der Waals surface area contributed by atoms with Crippen LogP contribution in [0.5, 0.6) is 0 Å². The Kier molecular flexibility index (Phi) is 5.81. The zero-order valence-electron chi connectivity index (χ0n) is 15.8. The van der Waals surface area contributed by atoms with Gasteiger partial charge < -0.3 is 0 Å². The number of aryl methyl sites for hydroxylation is 3. The number of hydrogen-bond acceptors (Lipinski definition) is 3. The molecular weight excluding hydrogens is 336 g/mol. The lowest BCUT2D eigenvalue weighted by molar-refractivity contribution is 0.848. The average Bonchev–Trinajstić information content (AvgIpc) is 3.11. The van der Waals surface area contributed by atoms with Crippen LogP contribution in [0.25, 0.3) is 11.4 Å². The number of aromatic nitrogens is 4. The standard InChI is InChI=1S/C22H24N4O/c1-4-7-18(8-5-2)21-24-22-23-19(15-20(27)26(22)25-21)14-13-17-11-9-16(6-3)10-12-17/h4-5,7-12,15H,1,6,13-14H2,2-3H3,(H,23,24,25)/b8-5-,18-7+. The Morgan fingerprint density at radius 1 is 1.19 bits per heavy atom. The predicted octanol–water partition coefficient (Wildman–Crippen LogP) is 3.91. The first kappa shape index (κ1) is 18.6. The molecule has 1 N–H and O–H groups in total. The Morgan fingerprint density at radius 2 is 1.93 bits per heavy atom. The Bertz CT molecular complexity index is 1050. The summed E-state index contributed by atoms with van der Waals surface area (Å²) in [6, 6.07) is 10.1. The van der Waals surface area contributed by atoms with Crippen LogP contribution in [0.2, 0.25) is 0 Å². The highest BCUT2D eigenvalue weighted by Gasteiger charge is 2.10. The second-order valence-corrected chi connectivity index (χ2v) is 6.32. The maximum Gasteiger partial charge on any atom is 0.274 e. The number of fused-ring (bicyclic) bond motifs is 1. The molecule has 0 spiro atoms. The summed E-state index contributed by atoms with van der Waals surface area (Å²) in [5, 5.41) is 3.01. The van der Waals surface area contributed by atoms with Crippen LogP contribution in [0.3, 0.4) is 0 Å². The quantitative estimate of drug-likeness (QED) is 0.650. The van der Waals surface area contributed by atoms with Crippen LogP contribution in [-0.2, 0) is 19.3 Å². The van der Waals surface area contributed by atoms with Gasteiger partial charge in [0.15, 0.2) is 5.82 Å². The minimum absolute atomic E-state index is 0.159. The predicted molar refractivity (Wildman–Crippen MR) is 110 cm³/mol. The number of nitrogens with one attached hydrogen (secondary N) is 1. The van der Waals surface area contributed by atoms with Gasteiger partial charge in [0.05, 0.1) is 5.69 Å². The lowest BCUT2D eigenvalue weighted by Crippen LogP contribution is -2.16. The summed E-state index contributed by atoms with van der Waals surface area (Å²) in [4.78, 5) is 21.5. The van der Waals surface area contributed by atoms with Gasteiger partial charge in [-0.05, 0) is 37.3 Å². The number of hydrogen-bond donors (Lipinski definition) is 1. The monoisotopic (exact) mass is 360 g/mol. The number of H-pyrrole nitrogens is 1. The van der Waals surface area contributed by atoms with Crippen molar-refractivity contribution in [3.8, 4) is 0 Å². The molecule has 0 radical (unpaired) electrons. The zero-order valence-corrected chi connectivity index (χ0v) is 15.8. The minimum atomic E-state index is -0.159. The van der Waals surface area contributed by atoms with E-state index in [1.807, 2.05) is 25.2 Å². The van der Waals surface area contributed by atoms with E-state index in [0.29, 0.717) is 18.0 Å². The number of rotatable bonds is 7. The lowest BCUT2D eigenvalue weighted by atomic mass is 10.1. The Balaban J connectivity index is 1.86. The molecule has 3 rings (SSSR count). The molecule has 5 nitrogen and oxygen atoms in total. The van der Waals surface area contributed by atoms with E-state index < -0.39 is 0 Å². The molecule has 3 aromatic rings. The van der Waals surface area contributed by atoms with Gasteiger partial charge in [0.2, 0.25) is 0 Å². The van der Waals surface area contributed by atoms with Gasteiger partial charge in [0.1, 0.15) is 0 Å². The van der Waals surface area contributed by atoms with E-state index in [4.69, 9.17) is 0 Å². The topological polar surface area (TPSA) is 63.1 Å². The Labute approximate surface area is 158 Å². The van der Waals surface area contributed by atoms with Crippen LogP contribution < -0.4 is 5.56 Å². The summed E-state index contributed by atoms with van der Waals surface area (Å²) in [7, 11) is 0. The normalized spacial score (nSPS) is 12.1. The van der Waals surface area contributed by atoms with Gasteiger partial charge >= 0.3 is 0 Å². The molecule has 0 atom stereocenters. The van der Waals surface area contributed by atoms with Gasteiger partial charge in [-0.15, -0.1) is 0 Å². The molecule has 2 aromatic heterocycles. The first-order chi connectivity index (χ1) is 13.1. The molecule has 0 saturated heterocycles. The molecule has 2 heterocycles. The molecule has 27 heavy (non-hydrogen) atoms. The van der Waals surface area contributed by atoms with Gasteiger partial charge in [-0.3, -0.25) is 9.89 Å². The fourth-order valence-corrected chi connectivity index (χ4v) is 2.92. The summed E-state index contributed by atoms with van der Waals surface area (Å²) in [6.45, 7) is 7.79. The molecule has 0 fully saturated rings. The van der Waals surface area contributed by atoms with Crippen molar-refractivity contribution in [3.05, 3.63) is 94.2 Å². The molecule has 0 aliphatic heterocycles. The summed E-state index contributed by atoms with van der Waals surface area (Å²) in [5.74, 6) is 0.971. The van der Waals surface area contributed by atoms with Crippen LogP contribution in [0, 0.1) is 0 Å². The van der Waals surface area contributed by atoms with E-state index in [2.05, 4.69) is 52.8 Å². The van der Waals surface area contributed by atoms with Gasteiger partial charge in [-0.1, -0.05) is 62.1 Å². The van der Waals surface area contributed by atoms with Crippen molar-refractivity contribution < 1.29 is 0 Å². The van der Waals surface area contributed by atoms with E-state index in [1.165, 1.54) is 15.6 Å². The maximum atomic E-state index is 12.4. The van der Waals surface area contributed by atoms with Crippen LogP contribution in [0.1, 0.15) is 36.5 Å². The highest BCUT2D eigenvalue weighted by Crippen LogP contribution is 2.13. The third-order valence-electron chi connectivity index (χ3n) is 4.40. The van der Waals surface area contributed by atoms with Crippen molar-refractivity contribution >= 4 is 11.4 Å². The van der Waals surface area contributed by atoms with Crippen molar-refractivity contribution in [1.82, 2.24) is 19.6 Å². The van der Waals surface area contributed by atoms with Crippen LogP contribution in [0.15, 0.2) is 66.0 Å². The van der Waals surface area contributed by atoms with Gasteiger partial charge in [0.25, 0.3) is 11.3 Å². The Hall–Kier alpha value is -3.21. The van der Waals surface area contributed by atoms with E-state index in [-0.39, 0.29) is 5.56 Å². The first-order valence-electron chi connectivity index (χ1n) is 9.17. The van der Waals surface area contributed by atoms with Gasteiger partial charge in [-0.2, -0.15) is 9.50 Å². The molecule has 5 heteroatoms. The van der Waals surface area contributed by atoms with E-state index in [0.717, 1.165) is 24.1 Å². The molecule has 0 aliphatic carbocycles. The summed E-state index contributed by atoms with van der Waals surface area (Å²) >= 11 is 0. The Morgan fingerprint density at radius 3 is 2.59 bits per heavy atom. The van der Waals surface area contributed by atoms with Crippen LogP contribution in [0.4, 0.5) is 0 Å². The molecule has 0 unspecified atom stereocenters. The van der Waals surface area contributed by atoms with E-state index >= 15 is 0 Å². The van der Waals surface area contributed by atoms with Gasteiger partial charge in [0, 0.05) is 11.6 Å². The molecule has 0 aliphatic rings. The second kappa shape index (κ2) is 8.45. The zero-order chi connectivity index (χ0) is 19.2. The minimum Gasteiger partial charge on any atom is -0.271 e. The third kappa shape index (κ3) is 4.31. The molecule has 0 amide bonds. The number of nitrogens with zero attached hydrogens (tertiary/aromatic N) is 3. The summed E-state index contributed by atoms with van der Waals surface area (Å²) in [6.07, 6.45) is 9.91. The first-order valence-corrected chi connectivity index (χ1v) is 9.17. The molecule has 1 aromatic carbocycles. The smallest absolute Gasteiger partial charge is 0.271 e. The van der Waals surface area contributed by atoms with Crippen molar-refractivity contribution in [1.29, 1.82) is 0 Å². The largest absolute Gasteiger partial charge is 0.274 e. The van der Waals surface area contributed by atoms with E-state index in [9.17, 15) is 4.79 Å². The molecule has 0 bridgehead atoms. The fraction of sp³-hybridized carbons (Fsp3) is 0.227. The average molecular weight is 360 g/mol. The number of aromatic amines is 1. The number of benzene rings is 1. The van der Waals surface area contributed by atoms with Gasteiger partial charge in [-0.25, -0.2) is 4.98 Å². The summed E-state index contributed by atoms with van der Waals surface area (Å²) in [5.41, 5.74) is 3.99. The summed E-state index contributed by atoms with van der Waals surface area (Å²) < 4.78 is 1.37. The van der Waals surface area contributed by atoms with Crippen molar-refractivity contribution in [2.45, 2.75) is 33.1 Å².